The highest BCUT2D eigenvalue weighted by atomic mass is 16.6. The van der Waals surface area contributed by atoms with E-state index in [-0.39, 0.29) is 23.5 Å². The first kappa shape index (κ1) is 12.4. The summed E-state index contributed by atoms with van der Waals surface area (Å²) in [6, 6.07) is 8.59. The molecule has 0 radical (unpaired) electrons. The van der Waals surface area contributed by atoms with Gasteiger partial charge in [0.25, 0.3) is 5.91 Å². The summed E-state index contributed by atoms with van der Waals surface area (Å²) in [5.74, 6) is 0.0394. The standard InChI is InChI=1S/C16H19NO3/c18-15(13-10-20-13)17-14-12-4-2-1-3-11(12)9-16(14)5-7-19-8-6-16/h1-4,13-14H,5-10H2,(H,17,18). The molecule has 0 aromatic heterocycles. The molecule has 20 heavy (non-hydrogen) atoms. The third kappa shape index (κ3) is 1.95. The van der Waals surface area contributed by atoms with Gasteiger partial charge in [0.1, 0.15) is 0 Å². The number of carbonyl (C=O) groups excluding carboxylic acids is 1. The molecule has 4 heteroatoms. The fraction of sp³-hybridized carbons (Fsp3) is 0.562. The minimum absolute atomic E-state index is 0.0394. The second-order valence-corrected chi connectivity index (χ2v) is 6.11. The number of ether oxygens (including phenoxy) is 2. The number of epoxide rings is 1. The molecule has 1 N–H and O–H groups in total. The van der Waals surface area contributed by atoms with E-state index in [2.05, 4.69) is 29.6 Å². The van der Waals surface area contributed by atoms with Gasteiger partial charge in [0.15, 0.2) is 6.10 Å². The molecule has 2 fully saturated rings. The zero-order chi connectivity index (χ0) is 13.6. The predicted molar refractivity (Wildman–Crippen MR) is 73.3 cm³/mol. The van der Waals surface area contributed by atoms with E-state index >= 15 is 0 Å². The second kappa shape index (κ2) is 4.57. The van der Waals surface area contributed by atoms with E-state index in [0.717, 1.165) is 32.5 Å². The fourth-order valence-corrected chi connectivity index (χ4v) is 3.70. The molecule has 1 spiro atoms. The van der Waals surface area contributed by atoms with Gasteiger partial charge in [-0.15, -0.1) is 0 Å². The highest BCUT2D eigenvalue weighted by Gasteiger charge is 2.48. The first-order valence-electron chi connectivity index (χ1n) is 7.36. The van der Waals surface area contributed by atoms with Crippen LogP contribution in [-0.4, -0.2) is 31.8 Å². The van der Waals surface area contributed by atoms with Crippen LogP contribution in [0.3, 0.4) is 0 Å². The molecule has 106 valence electrons. The third-order valence-corrected chi connectivity index (χ3v) is 4.92. The summed E-state index contributed by atoms with van der Waals surface area (Å²) in [6.07, 6.45) is 2.85. The lowest BCUT2D eigenvalue weighted by molar-refractivity contribution is -0.124. The lowest BCUT2D eigenvalue weighted by atomic mass is 9.74. The van der Waals surface area contributed by atoms with E-state index in [0.29, 0.717) is 6.61 Å². The molecule has 3 aliphatic rings. The van der Waals surface area contributed by atoms with E-state index in [1.165, 1.54) is 11.1 Å². The van der Waals surface area contributed by atoms with Crippen LogP contribution >= 0.6 is 0 Å². The van der Waals surface area contributed by atoms with Crippen molar-refractivity contribution in [2.24, 2.45) is 5.41 Å². The Morgan fingerprint density at radius 2 is 2.00 bits per heavy atom. The maximum absolute atomic E-state index is 12.1. The van der Waals surface area contributed by atoms with E-state index in [1.807, 2.05) is 0 Å². The van der Waals surface area contributed by atoms with Crippen molar-refractivity contribution < 1.29 is 14.3 Å². The van der Waals surface area contributed by atoms with Gasteiger partial charge in [0, 0.05) is 18.6 Å². The molecule has 2 heterocycles. The normalized spacial score (nSPS) is 30.0. The predicted octanol–water partition coefficient (Wildman–Crippen LogP) is 1.60. The Hall–Kier alpha value is -1.39. The zero-order valence-corrected chi connectivity index (χ0v) is 11.4. The summed E-state index contributed by atoms with van der Waals surface area (Å²) in [5.41, 5.74) is 2.78. The van der Waals surface area contributed by atoms with Gasteiger partial charge in [-0.1, -0.05) is 24.3 Å². The first-order chi connectivity index (χ1) is 9.78. The highest BCUT2D eigenvalue weighted by molar-refractivity contribution is 5.83. The largest absolute Gasteiger partial charge is 0.381 e. The molecule has 1 aliphatic carbocycles. The van der Waals surface area contributed by atoms with E-state index in [1.54, 1.807) is 0 Å². The Morgan fingerprint density at radius 1 is 1.25 bits per heavy atom. The topological polar surface area (TPSA) is 50.9 Å². The molecule has 2 unspecified atom stereocenters. The summed E-state index contributed by atoms with van der Waals surface area (Å²) in [6.45, 7) is 2.15. The average Bonchev–Trinajstić information content (AvgIpc) is 3.27. The number of fused-ring (bicyclic) bond motifs is 1. The highest BCUT2D eigenvalue weighted by Crippen LogP contribution is 2.51. The Balaban J connectivity index is 1.67. The van der Waals surface area contributed by atoms with Crippen molar-refractivity contribution in [3.8, 4) is 0 Å². The van der Waals surface area contributed by atoms with Gasteiger partial charge in [0.2, 0.25) is 0 Å². The van der Waals surface area contributed by atoms with Crippen LogP contribution in [0.5, 0.6) is 0 Å². The van der Waals surface area contributed by atoms with E-state index in [4.69, 9.17) is 9.47 Å². The van der Waals surface area contributed by atoms with Crippen molar-refractivity contribution in [3.63, 3.8) is 0 Å². The number of nitrogens with one attached hydrogen (secondary N) is 1. The van der Waals surface area contributed by atoms with Crippen LogP contribution in [0.4, 0.5) is 0 Å². The van der Waals surface area contributed by atoms with Crippen molar-refractivity contribution in [3.05, 3.63) is 35.4 Å². The number of rotatable bonds is 2. The monoisotopic (exact) mass is 273 g/mol. The average molecular weight is 273 g/mol. The summed E-state index contributed by atoms with van der Waals surface area (Å²) < 4.78 is 10.6. The van der Waals surface area contributed by atoms with Crippen molar-refractivity contribution in [2.75, 3.05) is 19.8 Å². The summed E-state index contributed by atoms with van der Waals surface area (Å²) in [4.78, 5) is 12.1. The van der Waals surface area contributed by atoms with Gasteiger partial charge in [0.05, 0.1) is 12.6 Å². The number of hydrogen-bond donors (Lipinski definition) is 1. The lowest BCUT2D eigenvalue weighted by Gasteiger charge is -2.39. The number of hydrogen-bond acceptors (Lipinski definition) is 3. The van der Waals surface area contributed by atoms with Crippen LogP contribution in [0.1, 0.15) is 30.0 Å². The minimum Gasteiger partial charge on any atom is -0.381 e. The van der Waals surface area contributed by atoms with Crippen LogP contribution in [0.25, 0.3) is 0 Å². The van der Waals surface area contributed by atoms with Gasteiger partial charge in [-0.05, 0) is 30.4 Å². The Bertz CT molecular complexity index is 532. The van der Waals surface area contributed by atoms with Crippen molar-refractivity contribution in [1.82, 2.24) is 5.32 Å². The second-order valence-electron chi connectivity index (χ2n) is 6.11. The molecule has 1 aromatic carbocycles. The minimum atomic E-state index is -0.223. The quantitative estimate of drug-likeness (QED) is 0.833. The van der Waals surface area contributed by atoms with Crippen LogP contribution in [0.15, 0.2) is 24.3 Å². The van der Waals surface area contributed by atoms with Gasteiger partial charge in [-0.2, -0.15) is 0 Å². The van der Waals surface area contributed by atoms with Crippen LogP contribution in [-0.2, 0) is 20.7 Å². The Labute approximate surface area is 118 Å². The molecule has 4 rings (SSSR count). The smallest absolute Gasteiger partial charge is 0.252 e. The van der Waals surface area contributed by atoms with E-state index in [9.17, 15) is 4.79 Å². The lowest BCUT2D eigenvalue weighted by Crippen LogP contribution is -2.43. The molecule has 1 amide bonds. The van der Waals surface area contributed by atoms with Crippen molar-refractivity contribution in [2.45, 2.75) is 31.4 Å². The first-order valence-corrected chi connectivity index (χ1v) is 7.36. The molecule has 0 saturated carbocycles. The maximum Gasteiger partial charge on any atom is 0.252 e. The SMILES string of the molecule is O=C(NC1c2ccccc2CC12CCOCC2)C1CO1. The van der Waals surface area contributed by atoms with Crippen molar-refractivity contribution in [1.29, 1.82) is 0 Å². The molecule has 1 aromatic rings. The Kier molecular flexibility index (Phi) is 2.82. The Morgan fingerprint density at radius 3 is 2.75 bits per heavy atom. The molecular weight excluding hydrogens is 254 g/mol. The van der Waals surface area contributed by atoms with Gasteiger partial charge >= 0.3 is 0 Å². The summed E-state index contributed by atoms with van der Waals surface area (Å²) >= 11 is 0. The molecule has 2 aliphatic heterocycles. The van der Waals surface area contributed by atoms with Crippen LogP contribution in [0.2, 0.25) is 0 Å². The van der Waals surface area contributed by atoms with Gasteiger partial charge in [-0.25, -0.2) is 0 Å². The number of carbonyl (C=O) groups is 1. The molecule has 0 bridgehead atoms. The molecule has 4 nitrogen and oxygen atoms in total. The van der Waals surface area contributed by atoms with Gasteiger partial charge in [-0.3, -0.25) is 4.79 Å². The van der Waals surface area contributed by atoms with Crippen LogP contribution in [0, 0.1) is 5.41 Å². The van der Waals surface area contributed by atoms with Gasteiger partial charge < -0.3 is 14.8 Å². The zero-order valence-electron chi connectivity index (χ0n) is 11.4. The molecule has 2 saturated heterocycles. The maximum atomic E-state index is 12.1. The summed E-state index contributed by atoms with van der Waals surface area (Å²) in [5, 5.41) is 3.24. The summed E-state index contributed by atoms with van der Waals surface area (Å²) in [7, 11) is 0. The molecule has 2 atom stereocenters. The van der Waals surface area contributed by atoms with Crippen LogP contribution < -0.4 is 5.32 Å². The number of amides is 1. The number of benzene rings is 1. The third-order valence-electron chi connectivity index (χ3n) is 4.92. The molecular formula is C16H19NO3. The fourth-order valence-electron chi connectivity index (χ4n) is 3.70. The van der Waals surface area contributed by atoms with E-state index < -0.39 is 0 Å². The van der Waals surface area contributed by atoms with Crippen molar-refractivity contribution >= 4 is 5.91 Å².